The third kappa shape index (κ3) is 2.66. The SMILES string of the molecule is CNC(=O)c1cc2ccc(N3CCCNCC3)nc2n2c1nc1ccccc12. The minimum atomic E-state index is -0.148. The molecule has 1 saturated heterocycles. The van der Waals surface area contributed by atoms with E-state index in [1.165, 1.54) is 0 Å². The molecule has 3 aromatic heterocycles. The summed E-state index contributed by atoms with van der Waals surface area (Å²) in [6.07, 6.45) is 1.10. The van der Waals surface area contributed by atoms with Crippen molar-refractivity contribution < 1.29 is 4.79 Å². The average Bonchev–Trinajstić information content (AvgIpc) is 2.92. The third-order valence-electron chi connectivity index (χ3n) is 5.34. The second-order valence-electron chi connectivity index (χ2n) is 7.07. The molecule has 4 heterocycles. The molecule has 142 valence electrons. The van der Waals surface area contributed by atoms with E-state index in [-0.39, 0.29) is 5.91 Å². The van der Waals surface area contributed by atoms with E-state index < -0.39 is 0 Å². The second-order valence-corrected chi connectivity index (χ2v) is 7.07. The molecule has 1 fully saturated rings. The molecule has 1 amide bonds. The summed E-state index contributed by atoms with van der Waals surface area (Å²) >= 11 is 0. The predicted molar refractivity (Wildman–Crippen MR) is 111 cm³/mol. The van der Waals surface area contributed by atoms with Gasteiger partial charge in [-0.25, -0.2) is 9.97 Å². The molecule has 0 spiro atoms. The first-order valence-electron chi connectivity index (χ1n) is 9.65. The number of fused-ring (bicyclic) bond motifs is 5. The lowest BCUT2D eigenvalue weighted by atomic mass is 10.2. The largest absolute Gasteiger partial charge is 0.355 e. The Balaban J connectivity index is 1.80. The lowest BCUT2D eigenvalue weighted by Crippen LogP contribution is -2.28. The van der Waals surface area contributed by atoms with E-state index in [1.54, 1.807) is 7.05 Å². The van der Waals surface area contributed by atoms with Crippen LogP contribution >= 0.6 is 0 Å². The van der Waals surface area contributed by atoms with Gasteiger partial charge in [-0.3, -0.25) is 9.20 Å². The minimum Gasteiger partial charge on any atom is -0.355 e. The lowest BCUT2D eigenvalue weighted by Gasteiger charge is -2.21. The monoisotopic (exact) mass is 374 g/mol. The third-order valence-corrected chi connectivity index (χ3v) is 5.34. The Hall–Kier alpha value is -3.19. The standard InChI is InChI=1S/C21H22N6O/c1-22-21(28)15-13-14-7-8-18(26-11-4-9-23-10-12-26)25-19(14)27-17-6-3-2-5-16(17)24-20(15)27/h2-3,5-8,13,23H,4,9-12H2,1H3,(H,22,28). The quantitative estimate of drug-likeness (QED) is 0.563. The van der Waals surface area contributed by atoms with Crippen molar-refractivity contribution >= 4 is 39.4 Å². The summed E-state index contributed by atoms with van der Waals surface area (Å²) in [4.78, 5) is 24.6. The fourth-order valence-electron chi connectivity index (χ4n) is 3.93. The molecule has 0 bridgehead atoms. The number of pyridine rings is 2. The summed E-state index contributed by atoms with van der Waals surface area (Å²) < 4.78 is 2.01. The van der Waals surface area contributed by atoms with Crippen molar-refractivity contribution in [3.05, 3.63) is 48.0 Å². The molecule has 1 aliphatic heterocycles. The number of amides is 1. The smallest absolute Gasteiger partial charge is 0.254 e. The van der Waals surface area contributed by atoms with Gasteiger partial charge < -0.3 is 15.5 Å². The van der Waals surface area contributed by atoms with Crippen molar-refractivity contribution in [3.8, 4) is 0 Å². The van der Waals surface area contributed by atoms with Crippen LogP contribution in [0.2, 0.25) is 0 Å². The molecule has 0 saturated carbocycles. The lowest BCUT2D eigenvalue weighted by molar-refractivity contribution is 0.0964. The summed E-state index contributed by atoms with van der Waals surface area (Å²) in [7, 11) is 1.64. The van der Waals surface area contributed by atoms with Crippen LogP contribution in [0.5, 0.6) is 0 Å². The van der Waals surface area contributed by atoms with E-state index in [1.807, 2.05) is 40.8 Å². The zero-order chi connectivity index (χ0) is 19.1. The molecule has 5 rings (SSSR count). The molecular formula is C21H22N6O. The van der Waals surface area contributed by atoms with Gasteiger partial charge in [-0.2, -0.15) is 0 Å². The molecule has 0 unspecified atom stereocenters. The van der Waals surface area contributed by atoms with Crippen molar-refractivity contribution in [1.82, 2.24) is 25.0 Å². The normalized spacial score (nSPS) is 15.2. The molecule has 0 radical (unpaired) electrons. The topological polar surface area (TPSA) is 74.6 Å². The Labute approximate surface area is 162 Å². The molecule has 28 heavy (non-hydrogen) atoms. The van der Waals surface area contributed by atoms with Gasteiger partial charge in [0.05, 0.1) is 16.6 Å². The first kappa shape index (κ1) is 16.9. The Kier molecular flexibility index (Phi) is 4.09. The Morgan fingerprint density at radius 1 is 1.07 bits per heavy atom. The first-order valence-corrected chi connectivity index (χ1v) is 9.65. The summed E-state index contributed by atoms with van der Waals surface area (Å²) in [5.41, 5.74) is 3.82. The molecule has 1 aliphatic rings. The molecule has 1 aromatic carbocycles. The van der Waals surface area contributed by atoms with Crippen molar-refractivity contribution in [2.24, 2.45) is 0 Å². The van der Waals surface area contributed by atoms with Crippen LogP contribution < -0.4 is 15.5 Å². The Bertz CT molecular complexity index is 1190. The number of hydrogen-bond donors (Lipinski definition) is 2. The van der Waals surface area contributed by atoms with Gasteiger partial charge in [0, 0.05) is 32.1 Å². The van der Waals surface area contributed by atoms with Gasteiger partial charge in [-0.05, 0) is 43.3 Å². The number of imidazole rings is 1. The van der Waals surface area contributed by atoms with Gasteiger partial charge in [-0.15, -0.1) is 0 Å². The fourth-order valence-corrected chi connectivity index (χ4v) is 3.93. The maximum Gasteiger partial charge on any atom is 0.254 e. The highest BCUT2D eigenvalue weighted by Crippen LogP contribution is 2.27. The van der Waals surface area contributed by atoms with Crippen LogP contribution in [0.25, 0.3) is 27.7 Å². The van der Waals surface area contributed by atoms with Gasteiger partial charge in [0.25, 0.3) is 5.91 Å². The van der Waals surface area contributed by atoms with Gasteiger partial charge in [0.2, 0.25) is 0 Å². The number of nitrogens with zero attached hydrogens (tertiary/aromatic N) is 4. The highest BCUT2D eigenvalue weighted by atomic mass is 16.1. The van der Waals surface area contributed by atoms with E-state index in [0.717, 1.165) is 60.5 Å². The van der Waals surface area contributed by atoms with Crippen molar-refractivity contribution in [3.63, 3.8) is 0 Å². The van der Waals surface area contributed by atoms with E-state index >= 15 is 0 Å². The molecule has 0 atom stereocenters. The number of nitrogens with one attached hydrogen (secondary N) is 2. The number of carbonyl (C=O) groups is 1. The zero-order valence-corrected chi connectivity index (χ0v) is 15.8. The molecular weight excluding hydrogens is 352 g/mol. The molecule has 0 aliphatic carbocycles. The van der Waals surface area contributed by atoms with Gasteiger partial charge in [-0.1, -0.05) is 12.1 Å². The highest BCUT2D eigenvalue weighted by Gasteiger charge is 2.19. The second kappa shape index (κ2) is 6.76. The van der Waals surface area contributed by atoms with Crippen molar-refractivity contribution in [2.75, 3.05) is 38.1 Å². The number of rotatable bonds is 2. The van der Waals surface area contributed by atoms with Crippen LogP contribution in [0.4, 0.5) is 5.82 Å². The van der Waals surface area contributed by atoms with E-state index in [4.69, 9.17) is 9.97 Å². The average molecular weight is 374 g/mol. The van der Waals surface area contributed by atoms with Crippen LogP contribution in [0.3, 0.4) is 0 Å². The highest BCUT2D eigenvalue weighted by molar-refractivity contribution is 6.05. The summed E-state index contributed by atoms with van der Waals surface area (Å²) in [5, 5.41) is 7.08. The van der Waals surface area contributed by atoms with Crippen LogP contribution in [-0.4, -0.2) is 53.5 Å². The van der Waals surface area contributed by atoms with Crippen LogP contribution in [0.1, 0.15) is 16.8 Å². The molecule has 7 nitrogen and oxygen atoms in total. The maximum absolute atomic E-state index is 12.5. The van der Waals surface area contributed by atoms with Crippen LogP contribution in [0, 0.1) is 0 Å². The molecule has 7 heteroatoms. The first-order chi connectivity index (χ1) is 13.8. The molecule has 2 N–H and O–H groups in total. The van der Waals surface area contributed by atoms with Gasteiger partial charge in [0.1, 0.15) is 11.5 Å². The van der Waals surface area contributed by atoms with Crippen molar-refractivity contribution in [2.45, 2.75) is 6.42 Å². The number of carbonyl (C=O) groups excluding carboxylic acids is 1. The van der Waals surface area contributed by atoms with Gasteiger partial charge >= 0.3 is 0 Å². The van der Waals surface area contributed by atoms with E-state index in [0.29, 0.717) is 11.2 Å². The Morgan fingerprint density at radius 3 is 2.86 bits per heavy atom. The van der Waals surface area contributed by atoms with Crippen LogP contribution in [-0.2, 0) is 0 Å². The zero-order valence-electron chi connectivity index (χ0n) is 15.8. The number of para-hydroxylation sites is 2. The fraction of sp³-hybridized carbons (Fsp3) is 0.286. The van der Waals surface area contributed by atoms with Crippen LogP contribution in [0.15, 0.2) is 42.5 Å². The number of hydrogen-bond acceptors (Lipinski definition) is 5. The molecule has 4 aromatic rings. The summed E-state index contributed by atoms with van der Waals surface area (Å²) in [6, 6.07) is 13.9. The van der Waals surface area contributed by atoms with E-state index in [2.05, 4.69) is 21.6 Å². The van der Waals surface area contributed by atoms with Gasteiger partial charge in [0.15, 0.2) is 5.65 Å². The number of aromatic nitrogens is 3. The summed E-state index contributed by atoms with van der Waals surface area (Å²) in [6.45, 7) is 3.91. The number of benzene rings is 1. The maximum atomic E-state index is 12.5. The summed E-state index contributed by atoms with van der Waals surface area (Å²) in [5.74, 6) is 0.813. The Morgan fingerprint density at radius 2 is 1.96 bits per heavy atom. The van der Waals surface area contributed by atoms with E-state index in [9.17, 15) is 4.79 Å². The minimum absolute atomic E-state index is 0.148. The predicted octanol–water partition coefficient (Wildman–Crippen LogP) is 2.19. The van der Waals surface area contributed by atoms with Crippen molar-refractivity contribution in [1.29, 1.82) is 0 Å². The number of anilines is 1.